The van der Waals surface area contributed by atoms with Gasteiger partial charge < -0.3 is 8.98 Å². The summed E-state index contributed by atoms with van der Waals surface area (Å²) in [6.07, 6.45) is 28.4. The molecule has 3 heterocycles. The molecule has 7 aromatic carbocycles. The van der Waals surface area contributed by atoms with Crippen LogP contribution in [0.15, 0.2) is 223 Å². The molecule has 5 heteroatoms. The lowest BCUT2D eigenvalue weighted by Crippen LogP contribution is -2.09. The van der Waals surface area contributed by atoms with Crippen molar-refractivity contribution in [1.82, 2.24) is 19.5 Å². The molecule has 13 rings (SSSR count). The van der Waals surface area contributed by atoms with Gasteiger partial charge in [0.2, 0.25) is 0 Å². The number of nitrogens with zero attached hydrogens (tertiary/aromatic N) is 4. The predicted molar refractivity (Wildman–Crippen MR) is 281 cm³/mol. The van der Waals surface area contributed by atoms with Gasteiger partial charge in [0.25, 0.3) is 0 Å². The Bertz CT molecular complexity index is 3800. The first-order valence-electron chi connectivity index (χ1n) is 23.8. The van der Waals surface area contributed by atoms with Crippen molar-refractivity contribution in [3.8, 4) is 51.0 Å². The van der Waals surface area contributed by atoms with E-state index in [0.29, 0.717) is 17.5 Å². The molecule has 0 spiro atoms. The van der Waals surface area contributed by atoms with E-state index in [2.05, 4.69) is 211 Å². The second kappa shape index (κ2) is 16.8. The summed E-state index contributed by atoms with van der Waals surface area (Å²) >= 11 is 0. The number of rotatable bonds is 8. The van der Waals surface area contributed by atoms with Gasteiger partial charge in [-0.15, -0.1) is 0 Å². The average molecular weight is 875 g/mol. The van der Waals surface area contributed by atoms with Crippen molar-refractivity contribution < 1.29 is 4.42 Å². The molecular weight excluding hydrogens is 829 g/mol. The molecule has 3 aliphatic rings. The van der Waals surface area contributed by atoms with E-state index < -0.39 is 0 Å². The van der Waals surface area contributed by atoms with Crippen LogP contribution in [0.4, 0.5) is 0 Å². The maximum Gasteiger partial charge on any atom is 0.164 e. The van der Waals surface area contributed by atoms with Gasteiger partial charge in [0.05, 0.1) is 22.1 Å². The number of furan rings is 1. The third-order valence-electron chi connectivity index (χ3n) is 13.9. The van der Waals surface area contributed by atoms with E-state index >= 15 is 0 Å². The lowest BCUT2D eigenvalue weighted by Gasteiger charge is -2.25. The van der Waals surface area contributed by atoms with Gasteiger partial charge in [-0.3, -0.25) is 0 Å². The molecule has 0 fully saturated rings. The summed E-state index contributed by atoms with van der Waals surface area (Å²) in [6, 6.07) is 54.4. The largest absolute Gasteiger partial charge is 0.456 e. The smallest absolute Gasteiger partial charge is 0.164 e. The molecule has 0 saturated heterocycles. The highest BCUT2D eigenvalue weighted by Crippen LogP contribution is 2.47. The van der Waals surface area contributed by atoms with Crippen molar-refractivity contribution >= 4 is 49.3 Å². The first-order valence-corrected chi connectivity index (χ1v) is 23.8. The third-order valence-corrected chi connectivity index (χ3v) is 13.9. The number of para-hydroxylation sites is 2. The Kier molecular flexibility index (Phi) is 9.85. The molecule has 3 aromatic heterocycles. The summed E-state index contributed by atoms with van der Waals surface area (Å²) in [5.74, 6) is 2.26. The minimum absolute atomic E-state index is 0.0680. The van der Waals surface area contributed by atoms with Gasteiger partial charge in [-0.25, -0.2) is 15.0 Å². The van der Waals surface area contributed by atoms with Crippen LogP contribution in [-0.4, -0.2) is 19.5 Å². The van der Waals surface area contributed by atoms with Gasteiger partial charge in [-0.1, -0.05) is 170 Å². The molecule has 2 unspecified atom stereocenters. The highest BCUT2D eigenvalue weighted by Gasteiger charge is 2.27. The molecule has 10 aromatic rings. The van der Waals surface area contributed by atoms with E-state index in [1.54, 1.807) is 0 Å². The summed E-state index contributed by atoms with van der Waals surface area (Å²) < 4.78 is 9.12. The molecule has 324 valence electrons. The second-order valence-electron chi connectivity index (χ2n) is 18.1. The Labute approximate surface area is 395 Å². The lowest BCUT2D eigenvalue weighted by atomic mass is 9.86. The van der Waals surface area contributed by atoms with Crippen molar-refractivity contribution in [3.63, 3.8) is 0 Å². The van der Waals surface area contributed by atoms with Gasteiger partial charge >= 0.3 is 0 Å². The minimum atomic E-state index is 0.0680. The average Bonchev–Trinajstić information content (AvgIpc) is 3.97. The Morgan fingerprint density at radius 3 is 1.88 bits per heavy atom. The molecule has 68 heavy (non-hydrogen) atoms. The lowest BCUT2D eigenvalue weighted by molar-refractivity contribution is 0.669. The Morgan fingerprint density at radius 1 is 0.485 bits per heavy atom. The van der Waals surface area contributed by atoms with Gasteiger partial charge in [0.1, 0.15) is 11.2 Å². The highest BCUT2D eigenvalue weighted by atomic mass is 16.3. The van der Waals surface area contributed by atoms with Crippen molar-refractivity contribution in [2.24, 2.45) is 0 Å². The van der Waals surface area contributed by atoms with E-state index in [0.717, 1.165) is 92.2 Å². The summed E-state index contributed by atoms with van der Waals surface area (Å²) in [7, 11) is 0. The van der Waals surface area contributed by atoms with Crippen LogP contribution in [0.3, 0.4) is 0 Å². The normalized spacial score (nSPS) is 16.7. The van der Waals surface area contributed by atoms with Crippen LogP contribution >= 0.6 is 0 Å². The van der Waals surface area contributed by atoms with Crippen molar-refractivity contribution in [2.45, 2.75) is 37.5 Å². The fraction of sp³-hybridized carbons (Fsp3) is 0.0952. The molecule has 0 saturated carbocycles. The summed E-state index contributed by atoms with van der Waals surface area (Å²) in [5.41, 5.74) is 15.2. The third kappa shape index (κ3) is 6.98. The maximum atomic E-state index is 6.60. The number of hydrogen-bond acceptors (Lipinski definition) is 4. The number of benzene rings is 7. The van der Waals surface area contributed by atoms with Gasteiger partial charge in [-0.05, 0) is 102 Å². The number of fused-ring (bicyclic) bond motifs is 7. The molecule has 0 aliphatic heterocycles. The first kappa shape index (κ1) is 39.9. The summed E-state index contributed by atoms with van der Waals surface area (Å²) in [5, 5.41) is 4.59. The molecule has 2 atom stereocenters. The molecular formula is C63H46N4O. The van der Waals surface area contributed by atoms with Crippen LogP contribution < -0.4 is 0 Å². The maximum absolute atomic E-state index is 6.60. The summed E-state index contributed by atoms with van der Waals surface area (Å²) in [4.78, 5) is 16.2. The van der Waals surface area contributed by atoms with Crippen LogP contribution in [0.1, 0.15) is 54.2 Å². The molecule has 0 amide bonds. The van der Waals surface area contributed by atoms with E-state index in [4.69, 9.17) is 19.4 Å². The van der Waals surface area contributed by atoms with Crippen LogP contribution in [0.2, 0.25) is 0 Å². The number of allylic oxidation sites excluding steroid dienone is 12. The topological polar surface area (TPSA) is 56.7 Å². The van der Waals surface area contributed by atoms with Gasteiger partial charge in [0, 0.05) is 50.2 Å². The fourth-order valence-corrected chi connectivity index (χ4v) is 10.7. The summed E-state index contributed by atoms with van der Waals surface area (Å²) in [6.45, 7) is 0. The van der Waals surface area contributed by atoms with E-state index in [1.807, 2.05) is 12.1 Å². The molecule has 3 aliphatic carbocycles. The second-order valence-corrected chi connectivity index (χ2v) is 18.1. The van der Waals surface area contributed by atoms with Crippen LogP contribution in [0.5, 0.6) is 0 Å². The van der Waals surface area contributed by atoms with Crippen LogP contribution in [0.25, 0.3) is 100 Å². The monoisotopic (exact) mass is 874 g/mol. The highest BCUT2D eigenvalue weighted by molar-refractivity contribution is 6.24. The zero-order valence-electron chi connectivity index (χ0n) is 37.5. The molecule has 0 bridgehead atoms. The van der Waals surface area contributed by atoms with Crippen LogP contribution in [0, 0.1) is 0 Å². The van der Waals surface area contributed by atoms with Gasteiger partial charge in [-0.2, -0.15) is 0 Å². The zero-order valence-corrected chi connectivity index (χ0v) is 37.5. The number of hydrogen-bond donors (Lipinski definition) is 0. The first-order chi connectivity index (χ1) is 33.7. The standard InChI is InChI=1S/C63H46N4O/c1-6-20-41(21-7-1)46-36-47(42-22-8-2-9-23-42)38-48(37-46)62-64-61(45-28-14-5-15-29-45)65-63(66-62)49-39-53(43-24-10-3-11-25-43)59(54(40-49)44-26-12-4-13-27-44)67-55-32-18-16-30-50(55)51-34-35-57-58(60(51)67)52-31-17-19-33-56(52)68-57/h1-8,10-20,22,24-26,28-41,44H,9,21,23,27H2. The Hall–Kier alpha value is -8.41. The van der Waals surface area contributed by atoms with E-state index in [1.165, 1.54) is 33.0 Å². The molecule has 5 nitrogen and oxygen atoms in total. The van der Waals surface area contributed by atoms with Crippen molar-refractivity contribution in [3.05, 3.63) is 235 Å². The van der Waals surface area contributed by atoms with E-state index in [9.17, 15) is 0 Å². The van der Waals surface area contributed by atoms with Crippen molar-refractivity contribution in [2.75, 3.05) is 0 Å². The molecule has 0 N–H and O–H groups in total. The number of aromatic nitrogens is 4. The fourth-order valence-electron chi connectivity index (χ4n) is 10.7. The van der Waals surface area contributed by atoms with Crippen molar-refractivity contribution in [1.29, 1.82) is 0 Å². The minimum Gasteiger partial charge on any atom is -0.456 e. The Balaban J connectivity index is 1.11. The van der Waals surface area contributed by atoms with Crippen LogP contribution in [-0.2, 0) is 0 Å². The molecule has 0 radical (unpaired) electrons. The zero-order chi connectivity index (χ0) is 45.0. The Morgan fingerprint density at radius 2 is 1.15 bits per heavy atom. The van der Waals surface area contributed by atoms with E-state index in [-0.39, 0.29) is 11.8 Å². The quantitative estimate of drug-likeness (QED) is 0.153. The van der Waals surface area contributed by atoms with Gasteiger partial charge in [0.15, 0.2) is 17.5 Å². The predicted octanol–water partition coefficient (Wildman–Crippen LogP) is 16.5. The SMILES string of the molecule is C1=CCCC(c2cc(-c3nc(-c4ccccc4)nc(-c4cc(-c5ccccc5)c(-n5c6ccccc6c6ccc7oc8ccccc8c7c65)c(C5C=CC=CC5)c4)n3)cc(C3C=CC=CC3)c2)=C1.